The molecule has 3 aromatic heterocycles. The monoisotopic (exact) mass is 465 g/mol. The molecule has 10 nitrogen and oxygen atoms in total. The minimum atomic E-state index is -0.633. The predicted molar refractivity (Wildman–Crippen MR) is 123 cm³/mol. The highest BCUT2D eigenvalue weighted by Gasteiger charge is 2.29. The van der Waals surface area contributed by atoms with Crippen molar-refractivity contribution in [2.24, 2.45) is 0 Å². The van der Waals surface area contributed by atoms with Crippen molar-refractivity contribution in [1.82, 2.24) is 19.5 Å². The molecule has 2 aliphatic rings. The number of thiazole rings is 1. The number of H-pyrrole nitrogens is 1. The number of aromatic nitrogens is 4. The second-order valence-corrected chi connectivity index (χ2v) is 9.04. The zero-order valence-electron chi connectivity index (χ0n) is 17.6. The summed E-state index contributed by atoms with van der Waals surface area (Å²) in [7, 11) is 0. The van der Waals surface area contributed by atoms with E-state index in [-0.39, 0.29) is 22.5 Å². The van der Waals surface area contributed by atoms with E-state index < -0.39 is 17.2 Å². The molecule has 2 N–H and O–H groups in total. The Balaban J connectivity index is 1.44. The van der Waals surface area contributed by atoms with Crippen molar-refractivity contribution in [1.29, 1.82) is 0 Å². The van der Waals surface area contributed by atoms with Gasteiger partial charge in [-0.25, -0.2) is 14.8 Å². The van der Waals surface area contributed by atoms with Gasteiger partial charge in [0, 0.05) is 30.3 Å². The SMILES string of the molecule is CCn1c(=O)[nH]c(=O)c2c(C(=O)Nc3nc4cc5c(cc4s3)OCCO5)cc(C3CC3)nc21. The van der Waals surface area contributed by atoms with Crippen LogP contribution in [0.2, 0.25) is 0 Å². The third-order valence-corrected chi connectivity index (χ3v) is 6.73. The Morgan fingerprint density at radius 1 is 1.18 bits per heavy atom. The number of aromatic amines is 1. The molecular weight excluding hydrogens is 446 g/mol. The average molecular weight is 465 g/mol. The Morgan fingerprint density at radius 3 is 2.67 bits per heavy atom. The van der Waals surface area contributed by atoms with Crippen LogP contribution in [0.1, 0.15) is 41.7 Å². The van der Waals surface area contributed by atoms with Crippen LogP contribution < -0.4 is 26.0 Å². The Kier molecular flexibility index (Phi) is 4.47. The molecule has 0 bridgehead atoms. The first-order valence-corrected chi connectivity index (χ1v) is 11.5. The first kappa shape index (κ1) is 19.9. The highest BCUT2D eigenvalue weighted by Crippen LogP contribution is 2.40. The van der Waals surface area contributed by atoms with Crippen LogP contribution in [-0.2, 0) is 6.54 Å². The van der Waals surface area contributed by atoms with Gasteiger partial charge in [0.05, 0.1) is 21.2 Å². The molecule has 11 heteroatoms. The van der Waals surface area contributed by atoms with Crippen molar-refractivity contribution in [2.45, 2.75) is 32.2 Å². The lowest BCUT2D eigenvalue weighted by atomic mass is 10.1. The number of fused-ring (bicyclic) bond motifs is 3. The molecule has 168 valence electrons. The number of benzene rings is 1. The minimum absolute atomic E-state index is 0.0942. The summed E-state index contributed by atoms with van der Waals surface area (Å²) in [6, 6.07) is 5.28. The number of hydrogen-bond acceptors (Lipinski definition) is 8. The van der Waals surface area contributed by atoms with Crippen molar-refractivity contribution in [3.63, 3.8) is 0 Å². The maximum absolute atomic E-state index is 13.3. The van der Waals surface area contributed by atoms with Crippen molar-refractivity contribution in [3.05, 3.63) is 50.3 Å². The van der Waals surface area contributed by atoms with E-state index in [0.717, 1.165) is 17.5 Å². The highest BCUT2D eigenvalue weighted by atomic mass is 32.1. The lowest BCUT2D eigenvalue weighted by Gasteiger charge is -2.17. The second kappa shape index (κ2) is 7.41. The van der Waals surface area contributed by atoms with E-state index in [2.05, 4.69) is 20.3 Å². The molecule has 1 fully saturated rings. The van der Waals surface area contributed by atoms with E-state index >= 15 is 0 Å². The molecule has 1 aliphatic carbocycles. The average Bonchev–Trinajstić information content (AvgIpc) is 3.58. The number of rotatable bonds is 4. The molecular formula is C22H19N5O5S. The Labute approximate surface area is 190 Å². The van der Waals surface area contributed by atoms with E-state index in [1.807, 2.05) is 6.07 Å². The van der Waals surface area contributed by atoms with Crippen molar-refractivity contribution in [2.75, 3.05) is 18.5 Å². The fourth-order valence-electron chi connectivity index (χ4n) is 4.04. The number of amides is 1. The number of carbonyl (C=O) groups is 1. The maximum atomic E-state index is 13.3. The summed E-state index contributed by atoms with van der Waals surface area (Å²) in [6.45, 7) is 3.07. The third kappa shape index (κ3) is 3.35. The number of aryl methyl sites for hydroxylation is 1. The van der Waals surface area contributed by atoms with Gasteiger partial charge < -0.3 is 9.47 Å². The molecule has 0 spiro atoms. The Hall–Kier alpha value is -3.73. The third-order valence-electron chi connectivity index (χ3n) is 5.80. The molecule has 4 heterocycles. The van der Waals surface area contributed by atoms with Gasteiger partial charge in [-0.2, -0.15) is 0 Å². The fourth-order valence-corrected chi connectivity index (χ4v) is 4.91. The zero-order chi connectivity index (χ0) is 22.7. The number of nitrogens with one attached hydrogen (secondary N) is 2. The molecule has 1 aliphatic heterocycles. The summed E-state index contributed by atoms with van der Waals surface area (Å²) >= 11 is 1.30. The summed E-state index contributed by atoms with van der Waals surface area (Å²) in [5.41, 5.74) is 0.622. The lowest BCUT2D eigenvalue weighted by Crippen LogP contribution is -2.32. The van der Waals surface area contributed by atoms with Gasteiger partial charge in [-0.1, -0.05) is 11.3 Å². The van der Waals surface area contributed by atoms with E-state index in [0.29, 0.717) is 47.6 Å². The van der Waals surface area contributed by atoms with Crippen molar-refractivity contribution < 1.29 is 14.3 Å². The summed E-state index contributed by atoms with van der Waals surface area (Å²) in [5, 5.41) is 3.29. The largest absolute Gasteiger partial charge is 0.486 e. The summed E-state index contributed by atoms with van der Waals surface area (Å²) < 4.78 is 13.4. The van der Waals surface area contributed by atoms with Gasteiger partial charge in [0.1, 0.15) is 13.2 Å². The number of anilines is 1. The first-order chi connectivity index (χ1) is 16.0. The van der Waals surface area contributed by atoms with Gasteiger partial charge in [-0.3, -0.25) is 24.5 Å². The van der Waals surface area contributed by atoms with Crippen LogP contribution in [0.3, 0.4) is 0 Å². The fraction of sp³-hybridized carbons (Fsp3) is 0.318. The van der Waals surface area contributed by atoms with Crippen LogP contribution in [0.25, 0.3) is 21.3 Å². The van der Waals surface area contributed by atoms with Gasteiger partial charge in [0.15, 0.2) is 22.3 Å². The second-order valence-electron chi connectivity index (χ2n) is 8.01. The number of nitrogens with zero attached hydrogens (tertiary/aromatic N) is 3. The molecule has 0 radical (unpaired) electrons. The molecule has 1 saturated carbocycles. The van der Waals surface area contributed by atoms with E-state index in [1.54, 1.807) is 19.1 Å². The summed E-state index contributed by atoms with van der Waals surface area (Å²) in [6.07, 6.45) is 1.93. The topological polar surface area (TPSA) is 128 Å². The van der Waals surface area contributed by atoms with Crippen molar-refractivity contribution >= 4 is 43.6 Å². The van der Waals surface area contributed by atoms with Gasteiger partial charge in [0.25, 0.3) is 11.5 Å². The maximum Gasteiger partial charge on any atom is 0.329 e. The number of ether oxygens (including phenoxy) is 2. The van der Waals surface area contributed by atoms with Crippen LogP contribution in [0.4, 0.5) is 5.13 Å². The van der Waals surface area contributed by atoms with E-state index in [1.165, 1.54) is 15.9 Å². The Morgan fingerprint density at radius 2 is 1.94 bits per heavy atom. The lowest BCUT2D eigenvalue weighted by molar-refractivity contribution is 0.102. The standard InChI is InChI=1S/C22H19N5O5S/c1-2-27-18-17(20(29)26-22(27)30)11(7-12(23-18)10-3-4-10)19(28)25-21-24-13-8-14-15(9-16(13)33-21)32-6-5-31-14/h7-10H,2-6H2,1H3,(H,24,25,28)(H,26,29,30). The molecule has 0 atom stereocenters. The van der Waals surface area contributed by atoms with Crippen LogP contribution in [0, 0.1) is 0 Å². The normalized spacial score (nSPS) is 15.2. The minimum Gasteiger partial charge on any atom is -0.486 e. The molecule has 6 rings (SSSR count). The van der Waals surface area contributed by atoms with Crippen LogP contribution in [0.5, 0.6) is 11.5 Å². The van der Waals surface area contributed by atoms with Crippen LogP contribution >= 0.6 is 11.3 Å². The summed E-state index contributed by atoms with van der Waals surface area (Å²) in [5.74, 6) is 1.02. The molecule has 4 aromatic rings. The van der Waals surface area contributed by atoms with Gasteiger partial charge in [0.2, 0.25) is 0 Å². The molecule has 0 unspecified atom stereocenters. The van der Waals surface area contributed by atoms with Gasteiger partial charge in [-0.05, 0) is 25.8 Å². The summed E-state index contributed by atoms with van der Waals surface area (Å²) in [4.78, 5) is 49.7. The molecule has 33 heavy (non-hydrogen) atoms. The quantitative estimate of drug-likeness (QED) is 0.474. The highest BCUT2D eigenvalue weighted by molar-refractivity contribution is 7.22. The molecule has 1 amide bonds. The zero-order valence-corrected chi connectivity index (χ0v) is 18.5. The number of pyridine rings is 1. The molecule has 0 saturated heterocycles. The number of carbonyl (C=O) groups excluding carboxylic acids is 1. The number of hydrogen-bond donors (Lipinski definition) is 2. The first-order valence-electron chi connectivity index (χ1n) is 10.7. The smallest absolute Gasteiger partial charge is 0.329 e. The van der Waals surface area contributed by atoms with Crippen LogP contribution in [0.15, 0.2) is 27.8 Å². The molecule has 1 aromatic carbocycles. The van der Waals surface area contributed by atoms with Crippen LogP contribution in [-0.4, -0.2) is 38.6 Å². The van der Waals surface area contributed by atoms with Crippen molar-refractivity contribution in [3.8, 4) is 11.5 Å². The Bertz CT molecular complexity index is 1520. The predicted octanol–water partition coefficient (Wildman–Crippen LogP) is 2.62. The van der Waals surface area contributed by atoms with E-state index in [4.69, 9.17) is 9.47 Å². The van der Waals surface area contributed by atoms with Gasteiger partial charge >= 0.3 is 5.69 Å². The van der Waals surface area contributed by atoms with Gasteiger partial charge in [-0.15, -0.1) is 0 Å². The van der Waals surface area contributed by atoms with E-state index in [9.17, 15) is 14.4 Å².